The number of carbonyl (C=O) groups excluding carboxylic acids is 2. The van der Waals surface area contributed by atoms with Crippen molar-refractivity contribution in [3.05, 3.63) is 23.8 Å². The third kappa shape index (κ3) is 4.59. The average Bonchev–Trinajstić information content (AvgIpc) is 3.38. The second kappa shape index (κ2) is 9.47. The Balaban J connectivity index is 1.25. The molecular weight excluding hydrogens is 384 g/mol. The van der Waals surface area contributed by atoms with E-state index in [4.69, 9.17) is 4.74 Å². The standard InChI is InChI=1S/C22H30N4O4/c27-12-11-26(16-6-1-2-7-16)21(29)10-3-4-13-30-19-9-5-8-18-17(19)14-25-15-20(28)24-22(25)23-18/h5,8-9,16,27H,1-4,6-7,10-15H2,(H,23,24,28). The highest BCUT2D eigenvalue weighted by atomic mass is 16.5. The molecule has 1 aliphatic carbocycles. The number of nitrogens with zero attached hydrogens (tertiary/aromatic N) is 3. The number of guanidine groups is 1. The Morgan fingerprint density at radius 3 is 2.90 bits per heavy atom. The summed E-state index contributed by atoms with van der Waals surface area (Å²) in [5.74, 6) is 1.49. The van der Waals surface area contributed by atoms with Gasteiger partial charge in [0.2, 0.25) is 17.8 Å². The van der Waals surface area contributed by atoms with E-state index >= 15 is 0 Å². The zero-order valence-corrected chi connectivity index (χ0v) is 17.3. The summed E-state index contributed by atoms with van der Waals surface area (Å²) in [6.07, 6.45) is 6.47. The molecule has 1 saturated heterocycles. The lowest BCUT2D eigenvalue weighted by atomic mass is 10.1. The van der Waals surface area contributed by atoms with E-state index < -0.39 is 0 Å². The minimum Gasteiger partial charge on any atom is -0.493 e. The fraction of sp³-hybridized carbons (Fsp3) is 0.591. The Morgan fingerprint density at radius 2 is 2.10 bits per heavy atom. The van der Waals surface area contributed by atoms with Crippen LogP contribution in [0.2, 0.25) is 0 Å². The lowest BCUT2D eigenvalue weighted by molar-refractivity contribution is -0.134. The summed E-state index contributed by atoms with van der Waals surface area (Å²) in [6.45, 7) is 1.90. The van der Waals surface area contributed by atoms with Crippen molar-refractivity contribution in [3.8, 4) is 5.75 Å². The molecule has 2 aliphatic heterocycles. The number of unbranched alkanes of at least 4 members (excludes halogenated alkanes) is 1. The van der Waals surface area contributed by atoms with Crippen molar-refractivity contribution in [2.24, 2.45) is 4.99 Å². The van der Waals surface area contributed by atoms with E-state index in [9.17, 15) is 14.7 Å². The fourth-order valence-corrected chi connectivity index (χ4v) is 4.52. The Bertz CT molecular complexity index is 819. The Hall–Kier alpha value is -2.61. The van der Waals surface area contributed by atoms with Gasteiger partial charge in [-0.25, -0.2) is 4.99 Å². The third-order valence-electron chi connectivity index (χ3n) is 6.04. The molecule has 0 atom stereocenters. The van der Waals surface area contributed by atoms with E-state index in [2.05, 4.69) is 10.3 Å². The first-order valence-corrected chi connectivity index (χ1v) is 10.9. The number of amides is 2. The molecule has 30 heavy (non-hydrogen) atoms. The SMILES string of the molecule is O=C1CN2Cc3c(cccc3OCCCCC(=O)N(CCO)C3CCCC3)N=C2N1. The Labute approximate surface area is 176 Å². The van der Waals surface area contributed by atoms with Crippen LogP contribution in [0, 0.1) is 0 Å². The number of aliphatic imine (C=N–C) groups is 1. The predicted octanol–water partition coefficient (Wildman–Crippen LogP) is 1.93. The molecule has 4 rings (SSSR count). The van der Waals surface area contributed by atoms with Crippen LogP contribution in [0.15, 0.2) is 23.2 Å². The zero-order chi connectivity index (χ0) is 20.9. The van der Waals surface area contributed by atoms with Gasteiger partial charge in [0.15, 0.2) is 0 Å². The maximum atomic E-state index is 12.6. The summed E-state index contributed by atoms with van der Waals surface area (Å²) in [7, 11) is 0. The van der Waals surface area contributed by atoms with Crippen LogP contribution < -0.4 is 10.1 Å². The van der Waals surface area contributed by atoms with Gasteiger partial charge in [-0.2, -0.15) is 0 Å². The molecule has 0 unspecified atom stereocenters. The first-order chi connectivity index (χ1) is 14.7. The van der Waals surface area contributed by atoms with Crippen LogP contribution >= 0.6 is 0 Å². The van der Waals surface area contributed by atoms with Crippen LogP contribution in [0.4, 0.5) is 5.69 Å². The first-order valence-electron chi connectivity index (χ1n) is 10.9. The number of ether oxygens (including phenoxy) is 1. The molecule has 8 nitrogen and oxygen atoms in total. The number of rotatable bonds is 9. The van der Waals surface area contributed by atoms with Crippen LogP contribution in [0.1, 0.15) is 50.5 Å². The van der Waals surface area contributed by atoms with Gasteiger partial charge in [0, 0.05) is 24.6 Å². The highest BCUT2D eigenvalue weighted by Gasteiger charge is 2.30. The van der Waals surface area contributed by atoms with Crippen molar-refractivity contribution < 1.29 is 19.4 Å². The molecule has 2 fully saturated rings. The first kappa shape index (κ1) is 20.7. The maximum absolute atomic E-state index is 12.6. The molecule has 1 aromatic carbocycles. The predicted molar refractivity (Wildman–Crippen MR) is 112 cm³/mol. The lowest BCUT2D eigenvalue weighted by Crippen LogP contribution is -2.40. The van der Waals surface area contributed by atoms with Crippen molar-refractivity contribution in [1.82, 2.24) is 15.1 Å². The number of carbonyl (C=O) groups is 2. The number of aliphatic hydroxyl groups is 1. The van der Waals surface area contributed by atoms with E-state index in [0.717, 1.165) is 42.7 Å². The van der Waals surface area contributed by atoms with Gasteiger partial charge < -0.3 is 19.6 Å². The van der Waals surface area contributed by atoms with Gasteiger partial charge in [-0.3, -0.25) is 14.9 Å². The van der Waals surface area contributed by atoms with Crippen molar-refractivity contribution in [3.63, 3.8) is 0 Å². The maximum Gasteiger partial charge on any atom is 0.246 e. The normalized spacial score (nSPS) is 18.0. The molecule has 8 heteroatoms. The summed E-state index contributed by atoms with van der Waals surface area (Å²) in [5.41, 5.74) is 1.82. The molecule has 0 radical (unpaired) electrons. The number of fused-ring (bicyclic) bond motifs is 2. The molecule has 2 N–H and O–H groups in total. The van der Waals surface area contributed by atoms with E-state index in [1.807, 2.05) is 28.0 Å². The van der Waals surface area contributed by atoms with Crippen LogP contribution in [0.3, 0.4) is 0 Å². The number of aliphatic hydroxyl groups excluding tert-OH is 1. The minimum absolute atomic E-state index is 0.0206. The highest BCUT2D eigenvalue weighted by molar-refractivity contribution is 6.05. The van der Waals surface area contributed by atoms with Gasteiger partial charge in [-0.05, 0) is 37.8 Å². The molecule has 162 valence electrons. The van der Waals surface area contributed by atoms with Gasteiger partial charge in [0.25, 0.3) is 0 Å². The third-order valence-corrected chi connectivity index (χ3v) is 6.04. The quantitative estimate of drug-likeness (QED) is 0.602. The van der Waals surface area contributed by atoms with Crippen molar-refractivity contribution >= 4 is 23.5 Å². The summed E-state index contributed by atoms with van der Waals surface area (Å²) in [5, 5.41) is 12.1. The molecular formula is C22H30N4O4. The van der Waals surface area contributed by atoms with Crippen molar-refractivity contribution in [1.29, 1.82) is 0 Å². The largest absolute Gasteiger partial charge is 0.493 e. The lowest BCUT2D eigenvalue weighted by Gasteiger charge is -2.28. The van der Waals surface area contributed by atoms with E-state index in [0.29, 0.717) is 44.7 Å². The van der Waals surface area contributed by atoms with Crippen molar-refractivity contribution in [2.75, 3.05) is 26.3 Å². The highest BCUT2D eigenvalue weighted by Crippen LogP contribution is 2.34. The van der Waals surface area contributed by atoms with Crippen LogP contribution in [-0.2, 0) is 16.1 Å². The number of nitrogens with one attached hydrogen (secondary N) is 1. The minimum atomic E-state index is -0.0402. The Kier molecular flexibility index (Phi) is 6.52. The molecule has 2 heterocycles. The molecule has 0 spiro atoms. The molecule has 3 aliphatic rings. The van der Waals surface area contributed by atoms with Gasteiger partial charge in [0.1, 0.15) is 12.3 Å². The second-order valence-corrected chi connectivity index (χ2v) is 8.15. The molecule has 0 bridgehead atoms. The van der Waals surface area contributed by atoms with Crippen LogP contribution in [-0.4, -0.2) is 65.0 Å². The zero-order valence-electron chi connectivity index (χ0n) is 17.3. The summed E-state index contributed by atoms with van der Waals surface area (Å²) >= 11 is 0. The molecule has 0 aromatic heterocycles. The molecule has 2 amide bonds. The van der Waals surface area contributed by atoms with Gasteiger partial charge in [-0.1, -0.05) is 18.9 Å². The molecule has 1 saturated carbocycles. The number of hydrogen-bond acceptors (Lipinski definition) is 6. The topological polar surface area (TPSA) is 94.5 Å². The van der Waals surface area contributed by atoms with E-state index in [1.165, 1.54) is 12.8 Å². The number of benzene rings is 1. The van der Waals surface area contributed by atoms with Crippen molar-refractivity contribution in [2.45, 2.75) is 57.5 Å². The Morgan fingerprint density at radius 1 is 1.27 bits per heavy atom. The van der Waals surface area contributed by atoms with E-state index in [-0.39, 0.29) is 18.4 Å². The van der Waals surface area contributed by atoms with Gasteiger partial charge >= 0.3 is 0 Å². The van der Waals surface area contributed by atoms with Gasteiger partial charge in [0.05, 0.1) is 25.4 Å². The monoisotopic (exact) mass is 414 g/mol. The van der Waals surface area contributed by atoms with Crippen LogP contribution in [0.25, 0.3) is 0 Å². The average molecular weight is 415 g/mol. The fourth-order valence-electron chi connectivity index (χ4n) is 4.52. The van der Waals surface area contributed by atoms with Crippen LogP contribution in [0.5, 0.6) is 5.75 Å². The van der Waals surface area contributed by atoms with E-state index in [1.54, 1.807) is 0 Å². The van der Waals surface area contributed by atoms with Gasteiger partial charge in [-0.15, -0.1) is 0 Å². The second-order valence-electron chi connectivity index (χ2n) is 8.15. The summed E-state index contributed by atoms with van der Waals surface area (Å²) < 4.78 is 6.00. The summed E-state index contributed by atoms with van der Waals surface area (Å²) in [4.78, 5) is 32.5. The smallest absolute Gasteiger partial charge is 0.246 e. The number of hydrogen-bond donors (Lipinski definition) is 2. The molecule has 1 aromatic rings. The summed E-state index contributed by atoms with van der Waals surface area (Å²) in [6, 6.07) is 6.06.